The third kappa shape index (κ3) is 2.99. The standard InChI is InChI=1S/C10H10BrN5O2S/c1-6-4-7(11)8(12)5-9(6)19(17,18)16-10-13-2-3-14-15-10/h2-5H,12H2,1H3,(H,13,15,16). The molecule has 19 heavy (non-hydrogen) atoms. The molecule has 0 saturated carbocycles. The number of hydrogen-bond acceptors (Lipinski definition) is 6. The van der Waals surface area contributed by atoms with Crippen LogP contribution in [-0.2, 0) is 10.0 Å². The second-order valence-corrected chi connectivity index (χ2v) is 6.22. The van der Waals surface area contributed by atoms with Gasteiger partial charge in [-0.3, -0.25) is 0 Å². The van der Waals surface area contributed by atoms with E-state index in [0.29, 0.717) is 15.7 Å². The van der Waals surface area contributed by atoms with Gasteiger partial charge in [-0.25, -0.2) is 18.1 Å². The Kier molecular flexibility index (Phi) is 3.67. The van der Waals surface area contributed by atoms with Gasteiger partial charge in [0.05, 0.1) is 17.3 Å². The Balaban J connectivity index is 2.43. The van der Waals surface area contributed by atoms with E-state index in [9.17, 15) is 8.42 Å². The zero-order valence-electron chi connectivity index (χ0n) is 9.83. The topological polar surface area (TPSA) is 111 Å². The van der Waals surface area contributed by atoms with Crippen LogP contribution in [0.2, 0.25) is 0 Å². The highest BCUT2D eigenvalue weighted by Crippen LogP contribution is 2.27. The van der Waals surface area contributed by atoms with Crippen LogP contribution >= 0.6 is 15.9 Å². The van der Waals surface area contributed by atoms with Crippen LogP contribution in [0.15, 0.2) is 33.9 Å². The molecule has 100 valence electrons. The van der Waals surface area contributed by atoms with Gasteiger partial charge in [-0.2, -0.15) is 5.10 Å². The average Bonchev–Trinajstić information content (AvgIpc) is 2.34. The van der Waals surface area contributed by atoms with Crippen molar-refractivity contribution in [1.29, 1.82) is 0 Å². The van der Waals surface area contributed by atoms with Crippen LogP contribution in [0.3, 0.4) is 0 Å². The fourth-order valence-electron chi connectivity index (χ4n) is 1.43. The minimum atomic E-state index is -3.80. The first-order valence-electron chi connectivity index (χ1n) is 5.12. The van der Waals surface area contributed by atoms with E-state index in [0.717, 1.165) is 0 Å². The van der Waals surface area contributed by atoms with Crippen LogP contribution in [0.1, 0.15) is 5.56 Å². The predicted octanol–water partition coefficient (Wildman–Crippen LogP) is 1.33. The first kappa shape index (κ1) is 13.7. The summed E-state index contributed by atoms with van der Waals surface area (Å²) in [7, 11) is -3.80. The normalized spacial score (nSPS) is 11.3. The van der Waals surface area contributed by atoms with Gasteiger partial charge >= 0.3 is 0 Å². The number of nitrogens with two attached hydrogens (primary N) is 1. The van der Waals surface area contributed by atoms with Crippen molar-refractivity contribution in [3.8, 4) is 0 Å². The first-order valence-corrected chi connectivity index (χ1v) is 7.40. The summed E-state index contributed by atoms with van der Waals surface area (Å²) < 4.78 is 27.3. The summed E-state index contributed by atoms with van der Waals surface area (Å²) in [4.78, 5) is 3.82. The quantitative estimate of drug-likeness (QED) is 0.813. The number of nitrogens with one attached hydrogen (secondary N) is 1. The van der Waals surface area contributed by atoms with Crippen molar-refractivity contribution in [2.24, 2.45) is 0 Å². The van der Waals surface area contributed by atoms with Gasteiger partial charge in [0.25, 0.3) is 16.0 Å². The average molecular weight is 344 g/mol. The summed E-state index contributed by atoms with van der Waals surface area (Å²) in [6.45, 7) is 1.67. The third-order valence-electron chi connectivity index (χ3n) is 2.29. The molecule has 7 nitrogen and oxygen atoms in total. The summed E-state index contributed by atoms with van der Waals surface area (Å²) in [5, 5.41) is 7.11. The lowest BCUT2D eigenvalue weighted by Crippen LogP contribution is -2.16. The number of sulfonamides is 1. The SMILES string of the molecule is Cc1cc(Br)c(N)cc1S(=O)(=O)Nc1nccnn1. The molecule has 0 saturated heterocycles. The van der Waals surface area contributed by atoms with Crippen molar-refractivity contribution in [3.05, 3.63) is 34.6 Å². The molecule has 0 radical (unpaired) electrons. The van der Waals surface area contributed by atoms with E-state index in [2.05, 4.69) is 35.8 Å². The summed E-state index contributed by atoms with van der Waals surface area (Å²) in [6.07, 6.45) is 2.69. The molecule has 0 spiro atoms. The number of nitrogens with zero attached hydrogens (tertiary/aromatic N) is 3. The van der Waals surface area contributed by atoms with E-state index in [1.54, 1.807) is 13.0 Å². The van der Waals surface area contributed by atoms with Gasteiger partial charge in [-0.1, -0.05) is 0 Å². The van der Waals surface area contributed by atoms with Crippen LogP contribution in [-0.4, -0.2) is 23.6 Å². The molecule has 2 aromatic rings. The van der Waals surface area contributed by atoms with E-state index in [1.165, 1.54) is 18.5 Å². The van der Waals surface area contributed by atoms with Gasteiger partial charge < -0.3 is 5.73 Å². The van der Waals surface area contributed by atoms with Crippen molar-refractivity contribution in [2.75, 3.05) is 10.5 Å². The summed E-state index contributed by atoms with van der Waals surface area (Å²) >= 11 is 3.24. The molecule has 9 heteroatoms. The van der Waals surface area contributed by atoms with Gasteiger partial charge in [0.15, 0.2) is 0 Å². The molecule has 0 aliphatic carbocycles. The summed E-state index contributed by atoms with van der Waals surface area (Å²) in [5.74, 6) is -0.0941. The van der Waals surface area contributed by atoms with Crippen molar-refractivity contribution in [2.45, 2.75) is 11.8 Å². The summed E-state index contributed by atoms with van der Waals surface area (Å²) in [6, 6.07) is 3.01. The Morgan fingerprint density at radius 2 is 2.05 bits per heavy atom. The largest absolute Gasteiger partial charge is 0.398 e. The predicted molar refractivity (Wildman–Crippen MR) is 73.9 cm³/mol. The van der Waals surface area contributed by atoms with Gasteiger partial charge in [-0.05, 0) is 40.5 Å². The lowest BCUT2D eigenvalue weighted by atomic mass is 10.2. The maximum atomic E-state index is 12.2. The highest BCUT2D eigenvalue weighted by Gasteiger charge is 2.19. The molecule has 0 atom stereocenters. The molecular formula is C10H10BrN5O2S. The summed E-state index contributed by atoms with van der Waals surface area (Å²) in [5.41, 5.74) is 6.58. The molecule has 2 rings (SSSR count). The van der Waals surface area contributed by atoms with Gasteiger partial charge in [0.2, 0.25) is 0 Å². The maximum Gasteiger partial charge on any atom is 0.264 e. The lowest BCUT2D eigenvalue weighted by molar-refractivity contribution is 0.600. The van der Waals surface area contributed by atoms with Crippen LogP contribution < -0.4 is 10.5 Å². The number of hydrogen-bond donors (Lipinski definition) is 2. The van der Waals surface area contributed by atoms with E-state index in [4.69, 9.17) is 5.73 Å². The Bertz CT molecular complexity index is 705. The van der Waals surface area contributed by atoms with Gasteiger partial charge in [-0.15, -0.1) is 5.10 Å². The number of anilines is 2. The third-order valence-corrected chi connectivity index (χ3v) is 4.45. The Morgan fingerprint density at radius 1 is 1.32 bits per heavy atom. The number of aryl methyl sites for hydroxylation is 1. The van der Waals surface area contributed by atoms with Crippen LogP contribution in [0.5, 0.6) is 0 Å². The maximum absolute atomic E-state index is 12.2. The van der Waals surface area contributed by atoms with Gasteiger partial charge in [0.1, 0.15) is 0 Å². The van der Waals surface area contributed by atoms with Crippen LogP contribution in [0.25, 0.3) is 0 Å². The van der Waals surface area contributed by atoms with Crippen LogP contribution in [0, 0.1) is 6.92 Å². The highest BCUT2D eigenvalue weighted by molar-refractivity contribution is 9.10. The molecule has 0 aliphatic heterocycles. The van der Waals surface area contributed by atoms with Crippen molar-refractivity contribution in [3.63, 3.8) is 0 Å². The number of halogens is 1. The molecule has 0 unspecified atom stereocenters. The minimum absolute atomic E-state index is 0.0700. The van der Waals surface area contributed by atoms with Crippen molar-refractivity contribution < 1.29 is 8.42 Å². The second kappa shape index (κ2) is 5.10. The highest BCUT2D eigenvalue weighted by atomic mass is 79.9. The molecule has 0 aliphatic rings. The first-order chi connectivity index (χ1) is 8.90. The van der Waals surface area contributed by atoms with E-state index < -0.39 is 10.0 Å². The molecule has 0 bridgehead atoms. The second-order valence-electron chi connectivity index (χ2n) is 3.71. The molecule has 0 fully saturated rings. The van der Waals surface area contributed by atoms with Crippen LogP contribution in [0.4, 0.5) is 11.6 Å². The Hall–Kier alpha value is -1.74. The van der Waals surface area contributed by atoms with Gasteiger partial charge in [0, 0.05) is 10.2 Å². The molecular weight excluding hydrogens is 334 g/mol. The number of benzene rings is 1. The number of aromatic nitrogens is 3. The van der Waals surface area contributed by atoms with Crippen molar-refractivity contribution in [1.82, 2.24) is 15.2 Å². The fourth-order valence-corrected chi connectivity index (χ4v) is 3.09. The smallest absolute Gasteiger partial charge is 0.264 e. The Morgan fingerprint density at radius 3 is 2.68 bits per heavy atom. The molecule has 0 amide bonds. The minimum Gasteiger partial charge on any atom is -0.398 e. The van der Waals surface area contributed by atoms with E-state index in [1.807, 2.05) is 0 Å². The zero-order valence-corrected chi connectivity index (χ0v) is 12.2. The zero-order chi connectivity index (χ0) is 14.0. The van der Waals surface area contributed by atoms with E-state index >= 15 is 0 Å². The van der Waals surface area contributed by atoms with E-state index in [-0.39, 0.29) is 10.8 Å². The number of rotatable bonds is 3. The molecule has 1 heterocycles. The Labute approximate surface area is 118 Å². The lowest BCUT2D eigenvalue weighted by Gasteiger charge is -2.10. The molecule has 1 aromatic heterocycles. The monoisotopic (exact) mass is 343 g/mol. The van der Waals surface area contributed by atoms with Crippen molar-refractivity contribution >= 4 is 37.6 Å². The molecule has 3 N–H and O–H groups in total. The number of nitrogen functional groups attached to an aromatic ring is 1. The fraction of sp³-hybridized carbons (Fsp3) is 0.100. The molecule has 1 aromatic carbocycles.